The Hall–Kier alpha value is -4.41. The van der Waals surface area contributed by atoms with Gasteiger partial charge in [-0.3, -0.25) is 0 Å². The molecule has 4 aromatic carbocycles. The van der Waals surface area contributed by atoms with Crippen molar-refractivity contribution in [2.24, 2.45) is 0 Å². The smallest absolute Gasteiger partial charge is 0.164 e. The van der Waals surface area contributed by atoms with Crippen LogP contribution in [-0.2, 0) is 0 Å². The highest BCUT2D eigenvalue weighted by Gasteiger charge is 2.18. The largest absolute Gasteiger partial charge is 0.209 e. The van der Waals surface area contributed by atoms with Crippen LogP contribution in [0.3, 0.4) is 0 Å². The number of hydrogen-bond acceptors (Lipinski definition) is 4. The first-order chi connectivity index (χ1) is 18.3. The highest BCUT2D eigenvalue weighted by molar-refractivity contribution is 7.25. The normalized spacial score (nSPS) is 13.2. The van der Waals surface area contributed by atoms with E-state index in [0.717, 1.165) is 46.8 Å². The Labute approximate surface area is 219 Å². The van der Waals surface area contributed by atoms with Crippen molar-refractivity contribution in [2.45, 2.75) is 12.8 Å². The number of fused-ring (bicyclic) bond motifs is 3. The Balaban J connectivity index is 1.45. The lowest BCUT2D eigenvalue weighted by Crippen LogP contribution is -2.04. The lowest BCUT2D eigenvalue weighted by atomic mass is 10.0. The van der Waals surface area contributed by atoms with Crippen molar-refractivity contribution in [3.8, 4) is 33.9 Å². The first-order valence-electron chi connectivity index (χ1n) is 12.5. The van der Waals surface area contributed by atoms with Crippen LogP contribution in [0, 0.1) is 0 Å². The first kappa shape index (κ1) is 21.8. The molecule has 0 spiro atoms. The second kappa shape index (κ2) is 9.23. The van der Waals surface area contributed by atoms with Gasteiger partial charge in [0.25, 0.3) is 0 Å². The van der Waals surface area contributed by atoms with Gasteiger partial charge >= 0.3 is 0 Å². The van der Waals surface area contributed by atoms with Gasteiger partial charge in [0.05, 0.1) is 0 Å². The number of benzene rings is 4. The molecule has 0 fully saturated rings. The topological polar surface area (TPSA) is 38.7 Å². The molecule has 1 aliphatic rings. The summed E-state index contributed by atoms with van der Waals surface area (Å²) in [5.74, 6) is 2.17. The lowest BCUT2D eigenvalue weighted by Gasteiger charge is -2.13. The van der Waals surface area contributed by atoms with Crippen LogP contribution in [0.15, 0.2) is 115 Å². The summed E-state index contributed by atoms with van der Waals surface area (Å²) in [6.07, 6.45) is 8.35. The molecule has 2 heterocycles. The first-order valence-corrected chi connectivity index (χ1v) is 13.3. The van der Waals surface area contributed by atoms with Gasteiger partial charge in [0.2, 0.25) is 0 Å². The number of rotatable bonds is 4. The minimum atomic E-state index is 0.699. The molecule has 0 aliphatic heterocycles. The summed E-state index contributed by atoms with van der Waals surface area (Å²) >= 11 is 1.81. The molecule has 0 N–H and O–H groups in total. The van der Waals surface area contributed by atoms with Crippen molar-refractivity contribution in [1.29, 1.82) is 0 Å². The molecule has 0 saturated carbocycles. The fraction of sp³-hybridized carbons (Fsp3) is 0.0606. The third kappa shape index (κ3) is 4.05. The van der Waals surface area contributed by atoms with Crippen LogP contribution in [0.25, 0.3) is 59.6 Å². The van der Waals surface area contributed by atoms with Crippen LogP contribution < -0.4 is 0 Å². The Morgan fingerprint density at radius 2 is 1.32 bits per heavy atom. The average Bonchev–Trinajstić information content (AvgIpc) is 3.37. The van der Waals surface area contributed by atoms with Gasteiger partial charge < -0.3 is 0 Å². The van der Waals surface area contributed by atoms with E-state index in [1.54, 1.807) is 0 Å². The quantitative estimate of drug-likeness (QED) is 0.246. The molecule has 176 valence electrons. The summed E-state index contributed by atoms with van der Waals surface area (Å²) < 4.78 is 2.52. The number of allylic oxidation sites excluding steroid dienone is 4. The zero-order chi connectivity index (χ0) is 24.6. The van der Waals surface area contributed by atoms with Crippen molar-refractivity contribution >= 4 is 37.1 Å². The lowest BCUT2D eigenvalue weighted by molar-refractivity contribution is 0.979. The van der Waals surface area contributed by atoms with Crippen LogP contribution in [0.1, 0.15) is 18.7 Å². The molecule has 6 aromatic rings. The molecule has 7 rings (SSSR count). The third-order valence-electron chi connectivity index (χ3n) is 6.81. The molecular weight excluding hydrogens is 470 g/mol. The molecule has 3 nitrogen and oxygen atoms in total. The Bertz CT molecular complexity index is 1830. The van der Waals surface area contributed by atoms with E-state index in [9.17, 15) is 0 Å². The van der Waals surface area contributed by atoms with Crippen molar-refractivity contribution in [3.05, 3.63) is 121 Å². The molecule has 0 atom stereocenters. The van der Waals surface area contributed by atoms with Gasteiger partial charge in [-0.05, 0) is 47.7 Å². The maximum absolute atomic E-state index is 5.08. The van der Waals surface area contributed by atoms with Crippen molar-refractivity contribution in [1.82, 2.24) is 15.0 Å². The van der Waals surface area contributed by atoms with E-state index in [0.29, 0.717) is 5.82 Å². The monoisotopic (exact) mass is 493 g/mol. The highest BCUT2D eigenvalue weighted by atomic mass is 32.1. The summed E-state index contributed by atoms with van der Waals surface area (Å²) in [4.78, 5) is 15.1. The molecule has 2 aromatic heterocycles. The molecular formula is C33H23N3S. The van der Waals surface area contributed by atoms with Gasteiger partial charge in [0, 0.05) is 31.3 Å². The van der Waals surface area contributed by atoms with Crippen molar-refractivity contribution in [3.63, 3.8) is 0 Å². The Kier molecular flexibility index (Phi) is 5.45. The minimum Gasteiger partial charge on any atom is -0.209 e. The molecule has 0 unspecified atom stereocenters. The van der Waals surface area contributed by atoms with Crippen LogP contribution in [0.4, 0.5) is 0 Å². The fourth-order valence-corrected chi connectivity index (χ4v) is 6.12. The second-order valence-corrected chi connectivity index (χ2v) is 10.3. The van der Waals surface area contributed by atoms with Gasteiger partial charge in [0.1, 0.15) is 0 Å². The minimum absolute atomic E-state index is 0.699. The summed E-state index contributed by atoms with van der Waals surface area (Å²) in [6, 6.07) is 33.9. The summed E-state index contributed by atoms with van der Waals surface area (Å²) in [5, 5.41) is 2.45. The van der Waals surface area contributed by atoms with Crippen molar-refractivity contribution < 1.29 is 0 Å². The number of aromatic nitrogens is 3. The Morgan fingerprint density at radius 1 is 0.595 bits per heavy atom. The van der Waals surface area contributed by atoms with Crippen LogP contribution >= 0.6 is 11.3 Å². The Morgan fingerprint density at radius 3 is 2.22 bits per heavy atom. The highest BCUT2D eigenvalue weighted by Crippen LogP contribution is 2.39. The third-order valence-corrected chi connectivity index (χ3v) is 7.94. The number of thiophene rings is 1. The zero-order valence-electron chi connectivity index (χ0n) is 20.1. The van der Waals surface area contributed by atoms with Crippen molar-refractivity contribution in [2.75, 3.05) is 0 Å². The van der Waals surface area contributed by atoms with Gasteiger partial charge in [-0.2, -0.15) is 0 Å². The van der Waals surface area contributed by atoms with E-state index in [1.165, 1.54) is 25.7 Å². The molecule has 0 amide bonds. The summed E-state index contributed by atoms with van der Waals surface area (Å²) in [5.41, 5.74) is 5.50. The summed E-state index contributed by atoms with van der Waals surface area (Å²) in [6.45, 7) is 0. The van der Waals surface area contributed by atoms with Crippen LogP contribution in [-0.4, -0.2) is 15.0 Å². The van der Waals surface area contributed by atoms with Crippen LogP contribution in [0.2, 0.25) is 0 Å². The fourth-order valence-electron chi connectivity index (χ4n) is 4.99. The van der Waals surface area contributed by atoms with E-state index in [1.807, 2.05) is 17.4 Å². The van der Waals surface area contributed by atoms with E-state index in [-0.39, 0.29) is 0 Å². The summed E-state index contributed by atoms with van der Waals surface area (Å²) in [7, 11) is 0. The predicted molar refractivity (Wildman–Crippen MR) is 155 cm³/mol. The van der Waals surface area contributed by atoms with Gasteiger partial charge in [-0.25, -0.2) is 15.0 Å². The van der Waals surface area contributed by atoms with Gasteiger partial charge in [-0.15, -0.1) is 11.3 Å². The maximum Gasteiger partial charge on any atom is 0.164 e. The van der Waals surface area contributed by atoms with E-state index in [2.05, 4.69) is 109 Å². The zero-order valence-corrected chi connectivity index (χ0v) is 21.0. The van der Waals surface area contributed by atoms with E-state index >= 15 is 0 Å². The average molecular weight is 494 g/mol. The molecule has 0 radical (unpaired) electrons. The maximum atomic E-state index is 5.08. The van der Waals surface area contributed by atoms with Crippen LogP contribution in [0.5, 0.6) is 0 Å². The standard InChI is InChI=1S/C33H23N3S/c1-3-11-22(12-4-1)24-15-9-16-25(21-24)32-34-31(23-13-5-2-6-14-23)35-33(36-32)27-18-10-20-29-30(27)26-17-7-8-19-28(26)37-29/h1-5,7-13,15-21H,6,14H2. The second-order valence-electron chi connectivity index (χ2n) is 9.19. The van der Waals surface area contributed by atoms with E-state index < -0.39 is 0 Å². The predicted octanol–water partition coefficient (Wildman–Crippen LogP) is 8.97. The number of hydrogen-bond donors (Lipinski definition) is 0. The molecule has 0 bridgehead atoms. The molecule has 4 heteroatoms. The molecule has 0 saturated heterocycles. The number of nitrogens with zero attached hydrogens (tertiary/aromatic N) is 3. The van der Waals surface area contributed by atoms with Gasteiger partial charge in [0.15, 0.2) is 17.5 Å². The SMILES string of the molecule is C1=CCCC(c2nc(-c3cccc(-c4ccccc4)c3)nc(-c3cccc4sc5ccccc5c34)n2)=C1. The van der Waals surface area contributed by atoms with E-state index in [4.69, 9.17) is 15.0 Å². The van der Waals surface area contributed by atoms with Gasteiger partial charge in [-0.1, -0.05) is 97.1 Å². The molecule has 1 aliphatic carbocycles. The molecule has 37 heavy (non-hydrogen) atoms.